The molecular weight excluding hydrogens is 755 g/mol. The molecule has 0 atom stereocenters. The molecule has 59 heavy (non-hydrogen) atoms. The number of hydrogen-bond donors (Lipinski definition) is 0. The van der Waals surface area contributed by atoms with Crippen LogP contribution in [0.3, 0.4) is 0 Å². The number of benzene rings is 8. The molecule has 1 aliphatic carbocycles. The zero-order chi connectivity index (χ0) is 38.9. The van der Waals surface area contributed by atoms with Gasteiger partial charge in [-0.1, -0.05) is 176 Å². The summed E-state index contributed by atoms with van der Waals surface area (Å²) in [4.78, 5) is 17.2. The number of rotatable bonds is 6. The van der Waals surface area contributed by atoms with E-state index >= 15 is 0 Å². The second kappa shape index (κ2) is 13.5. The molecule has 3 nitrogen and oxygen atoms in total. The summed E-state index contributed by atoms with van der Waals surface area (Å²) in [6, 6.07) is 72.1. The van der Waals surface area contributed by atoms with Crippen LogP contribution >= 0.6 is 22.7 Å². The normalized spacial score (nSPS) is 12.9. The fraction of sp³-hybridized carbons (Fsp3) is 0.0185. The average molecular weight is 788 g/mol. The van der Waals surface area contributed by atoms with E-state index in [4.69, 9.17) is 15.0 Å². The monoisotopic (exact) mass is 787 g/mol. The van der Waals surface area contributed by atoms with E-state index in [1.54, 1.807) is 11.3 Å². The molecule has 0 fully saturated rings. The minimum Gasteiger partial charge on any atom is -0.208 e. The van der Waals surface area contributed by atoms with Gasteiger partial charge in [0.05, 0.1) is 5.41 Å². The van der Waals surface area contributed by atoms with E-state index < -0.39 is 5.41 Å². The van der Waals surface area contributed by atoms with Gasteiger partial charge in [-0.05, 0) is 68.6 Å². The van der Waals surface area contributed by atoms with Gasteiger partial charge in [0, 0.05) is 46.4 Å². The molecule has 0 spiro atoms. The Labute approximate surface area is 349 Å². The molecule has 11 aromatic rings. The van der Waals surface area contributed by atoms with Crippen LogP contribution in [0.15, 0.2) is 200 Å². The molecule has 1 aliphatic rings. The smallest absolute Gasteiger partial charge is 0.164 e. The van der Waals surface area contributed by atoms with Crippen molar-refractivity contribution in [2.24, 2.45) is 0 Å². The highest BCUT2D eigenvalue weighted by Crippen LogP contribution is 2.58. The quantitative estimate of drug-likeness (QED) is 0.168. The third kappa shape index (κ3) is 5.36. The maximum Gasteiger partial charge on any atom is 0.164 e. The molecule has 276 valence electrons. The first-order valence-corrected chi connectivity index (χ1v) is 21.5. The Hall–Kier alpha value is -7.05. The highest BCUT2D eigenvalue weighted by Gasteiger charge is 2.47. The van der Waals surface area contributed by atoms with Crippen LogP contribution in [0, 0.1) is 0 Å². The number of hydrogen-bond acceptors (Lipinski definition) is 5. The maximum atomic E-state index is 5.38. The summed E-state index contributed by atoms with van der Waals surface area (Å²) >= 11 is 3.62. The molecule has 0 unspecified atom stereocenters. The Balaban J connectivity index is 1.08. The zero-order valence-corrected chi connectivity index (χ0v) is 33.3. The average Bonchev–Trinajstić information content (AvgIpc) is 4.00. The molecule has 0 radical (unpaired) electrons. The van der Waals surface area contributed by atoms with Gasteiger partial charge in [0.15, 0.2) is 17.5 Å². The Morgan fingerprint density at radius 3 is 1.71 bits per heavy atom. The molecular formula is C54H33N3S2. The fourth-order valence-corrected chi connectivity index (χ4v) is 11.4. The van der Waals surface area contributed by atoms with Crippen molar-refractivity contribution in [2.45, 2.75) is 5.41 Å². The van der Waals surface area contributed by atoms with Crippen molar-refractivity contribution in [3.8, 4) is 55.7 Å². The first-order chi connectivity index (χ1) is 29.2. The molecule has 5 heteroatoms. The number of aromatic nitrogens is 3. The number of nitrogens with zero attached hydrogens (tertiary/aromatic N) is 3. The summed E-state index contributed by atoms with van der Waals surface area (Å²) in [6.45, 7) is 0. The standard InChI is InChI=1S/C54H33N3S2/c1-3-15-38(16-4-1)54(39-17-5-2-6-18-39)44-22-10-8-20-42(44)50-43(21-13-23-45(50)54)53-56-51(35-28-26-34(27-29-35)48-32-36-14-7-11-24-46(36)58-48)55-52(57-53)37-30-31-41-40-19-9-12-25-47(40)59-49(41)33-37/h1-33H. The van der Waals surface area contributed by atoms with Gasteiger partial charge in [-0.15, -0.1) is 22.7 Å². The van der Waals surface area contributed by atoms with E-state index in [0.717, 1.165) is 22.3 Å². The molecule has 0 amide bonds. The van der Waals surface area contributed by atoms with Crippen LogP contribution in [0.5, 0.6) is 0 Å². The van der Waals surface area contributed by atoms with Gasteiger partial charge in [0.2, 0.25) is 0 Å². The summed E-state index contributed by atoms with van der Waals surface area (Å²) < 4.78 is 3.77. The molecule has 3 heterocycles. The van der Waals surface area contributed by atoms with Crippen molar-refractivity contribution in [1.29, 1.82) is 0 Å². The Morgan fingerprint density at radius 1 is 0.356 bits per heavy atom. The van der Waals surface area contributed by atoms with E-state index in [1.807, 2.05) is 11.3 Å². The zero-order valence-electron chi connectivity index (χ0n) is 31.7. The molecule has 0 N–H and O–H groups in total. The van der Waals surface area contributed by atoms with Crippen LogP contribution < -0.4 is 0 Å². The number of thiophene rings is 2. The Kier molecular flexibility index (Phi) is 7.80. The lowest BCUT2D eigenvalue weighted by Crippen LogP contribution is -2.28. The molecule has 0 aliphatic heterocycles. The van der Waals surface area contributed by atoms with Gasteiger partial charge >= 0.3 is 0 Å². The van der Waals surface area contributed by atoms with E-state index in [0.29, 0.717) is 17.5 Å². The minimum absolute atomic E-state index is 0.530. The Morgan fingerprint density at radius 2 is 0.932 bits per heavy atom. The second-order valence-electron chi connectivity index (χ2n) is 15.1. The first kappa shape index (κ1) is 34.0. The third-order valence-electron chi connectivity index (χ3n) is 11.8. The lowest BCUT2D eigenvalue weighted by molar-refractivity contribution is 0.768. The van der Waals surface area contributed by atoms with Gasteiger partial charge in [-0.2, -0.15) is 0 Å². The van der Waals surface area contributed by atoms with Crippen LogP contribution in [0.2, 0.25) is 0 Å². The topological polar surface area (TPSA) is 38.7 Å². The van der Waals surface area contributed by atoms with Crippen LogP contribution in [0.4, 0.5) is 0 Å². The molecule has 0 saturated heterocycles. The maximum absolute atomic E-state index is 5.38. The minimum atomic E-state index is -0.530. The lowest BCUT2D eigenvalue weighted by Gasteiger charge is -2.33. The molecule has 3 aromatic heterocycles. The first-order valence-electron chi connectivity index (χ1n) is 19.8. The largest absolute Gasteiger partial charge is 0.208 e. The predicted molar refractivity (Wildman–Crippen MR) is 247 cm³/mol. The van der Waals surface area contributed by atoms with Crippen LogP contribution in [0.1, 0.15) is 22.3 Å². The van der Waals surface area contributed by atoms with Crippen molar-refractivity contribution in [3.05, 3.63) is 222 Å². The lowest BCUT2D eigenvalue weighted by atomic mass is 9.67. The number of fused-ring (bicyclic) bond motifs is 7. The highest BCUT2D eigenvalue weighted by atomic mass is 32.1. The Bertz CT molecular complexity index is 3310. The van der Waals surface area contributed by atoms with Crippen molar-refractivity contribution in [3.63, 3.8) is 0 Å². The van der Waals surface area contributed by atoms with Gasteiger partial charge in [0.25, 0.3) is 0 Å². The molecule has 12 rings (SSSR count). The highest BCUT2D eigenvalue weighted by molar-refractivity contribution is 7.25. The van der Waals surface area contributed by atoms with Crippen molar-refractivity contribution in [1.82, 2.24) is 15.0 Å². The fourth-order valence-electron chi connectivity index (χ4n) is 9.21. The summed E-state index contributed by atoms with van der Waals surface area (Å²) in [5, 5.41) is 3.78. The molecule has 0 saturated carbocycles. The summed E-state index contributed by atoms with van der Waals surface area (Å²) in [6.07, 6.45) is 0. The van der Waals surface area contributed by atoms with E-state index in [2.05, 4.69) is 200 Å². The van der Waals surface area contributed by atoms with Crippen LogP contribution in [-0.4, -0.2) is 15.0 Å². The summed E-state index contributed by atoms with van der Waals surface area (Å²) in [5.41, 5.74) is 10.8. The van der Waals surface area contributed by atoms with Crippen molar-refractivity contribution >= 4 is 52.9 Å². The van der Waals surface area contributed by atoms with Gasteiger partial charge in [-0.25, -0.2) is 15.0 Å². The van der Waals surface area contributed by atoms with E-state index in [-0.39, 0.29) is 0 Å². The molecule has 8 aromatic carbocycles. The van der Waals surface area contributed by atoms with Crippen molar-refractivity contribution < 1.29 is 0 Å². The van der Waals surface area contributed by atoms with E-state index in [1.165, 1.54) is 68.5 Å². The predicted octanol–water partition coefficient (Wildman–Crippen LogP) is 14.5. The summed E-state index contributed by atoms with van der Waals surface area (Å²) in [7, 11) is 0. The summed E-state index contributed by atoms with van der Waals surface area (Å²) in [5.74, 6) is 1.95. The van der Waals surface area contributed by atoms with Gasteiger partial charge in [-0.3, -0.25) is 0 Å². The van der Waals surface area contributed by atoms with E-state index in [9.17, 15) is 0 Å². The SMILES string of the molecule is c1ccc(C2(c3ccccc3)c3ccccc3-c3c(-c4nc(-c5ccc(-c6cc7ccccc7s6)cc5)nc(-c5ccc6c(c5)sc5ccccc56)n4)cccc32)cc1. The van der Waals surface area contributed by atoms with Gasteiger partial charge < -0.3 is 0 Å². The molecule has 0 bridgehead atoms. The van der Waals surface area contributed by atoms with Gasteiger partial charge in [0.1, 0.15) is 0 Å². The second-order valence-corrected chi connectivity index (χ2v) is 17.3. The van der Waals surface area contributed by atoms with Crippen molar-refractivity contribution in [2.75, 3.05) is 0 Å². The van der Waals surface area contributed by atoms with Crippen LogP contribution in [-0.2, 0) is 5.41 Å². The third-order valence-corrected chi connectivity index (χ3v) is 14.1. The van der Waals surface area contributed by atoms with Crippen LogP contribution in [0.25, 0.3) is 86.0 Å².